The van der Waals surface area contributed by atoms with Gasteiger partial charge < -0.3 is 0 Å². The summed E-state index contributed by atoms with van der Waals surface area (Å²) in [5.41, 5.74) is 0. The van der Waals surface area contributed by atoms with Gasteiger partial charge in [-0.05, 0) is 6.92 Å². The van der Waals surface area contributed by atoms with Crippen LogP contribution in [0.5, 0.6) is 0 Å². The van der Waals surface area contributed by atoms with Crippen molar-refractivity contribution in [1.82, 2.24) is 0 Å². The molecule has 0 saturated carbocycles. The Morgan fingerprint density at radius 3 is 2.11 bits per heavy atom. The molecule has 0 aromatic heterocycles. The molecule has 0 atom stereocenters. The van der Waals surface area contributed by atoms with Crippen molar-refractivity contribution < 1.29 is 13.2 Å². The van der Waals surface area contributed by atoms with Gasteiger partial charge in [0.15, 0.2) is 0 Å². The summed E-state index contributed by atoms with van der Waals surface area (Å²) in [5.74, 6) is -0.354. The Morgan fingerprint density at radius 1 is 1.56 bits per heavy atom. The maximum atomic E-state index is 11.2. The number of hydrogen-bond acceptors (Lipinski definition) is 1. The zero-order valence-electron chi connectivity index (χ0n) is 4.66. The molecule has 0 unspecified atom stereocenters. The second kappa shape index (κ2) is 2.61. The predicted octanol–water partition coefficient (Wildman–Crippen LogP) is 1.62. The fraction of sp³-hybridized carbons (Fsp3) is 0.500. The first-order valence-electron chi connectivity index (χ1n) is 2.09. The molecule has 52 valence electrons. The van der Waals surface area contributed by atoms with E-state index >= 15 is 0 Å². The van der Waals surface area contributed by atoms with Gasteiger partial charge in [0.1, 0.15) is 12.1 Å². The van der Waals surface area contributed by atoms with Crippen LogP contribution in [0, 0.1) is 5.41 Å². The molecule has 2 nitrogen and oxygen atoms in total. The third kappa shape index (κ3) is 7.13. The zero-order chi connectivity index (χ0) is 7.49. The van der Waals surface area contributed by atoms with E-state index in [2.05, 4.69) is 4.99 Å². The van der Waals surface area contributed by atoms with Gasteiger partial charge in [-0.15, -0.1) is 0 Å². The first-order chi connectivity index (χ1) is 3.92. The lowest BCUT2D eigenvalue weighted by molar-refractivity contribution is -0.0534. The van der Waals surface area contributed by atoms with Gasteiger partial charge in [0.05, 0.1) is 0 Å². The SMILES string of the molecule is CC(=N)N=CC(F)(F)F. The Hall–Kier alpha value is -0.870. The highest BCUT2D eigenvalue weighted by atomic mass is 19.4. The third-order valence-electron chi connectivity index (χ3n) is 0.405. The molecule has 0 bridgehead atoms. The number of rotatable bonds is 0. The molecule has 0 heterocycles. The van der Waals surface area contributed by atoms with E-state index in [4.69, 9.17) is 5.41 Å². The summed E-state index contributed by atoms with van der Waals surface area (Å²) >= 11 is 0. The van der Waals surface area contributed by atoms with Gasteiger partial charge in [-0.25, -0.2) is 4.99 Å². The van der Waals surface area contributed by atoms with Gasteiger partial charge >= 0.3 is 6.18 Å². The van der Waals surface area contributed by atoms with Gasteiger partial charge in [-0.2, -0.15) is 13.2 Å². The molecule has 0 aliphatic carbocycles. The largest absolute Gasteiger partial charge is 0.426 e. The zero-order valence-corrected chi connectivity index (χ0v) is 4.66. The minimum atomic E-state index is -4.40. The number of halogens is 3. The van der Waals surface area contributed by atoms with E-state index in [1.807, 2.05) is 0 Å². The molecule has 0 aromatic carbocycles. The average Bonchev–Trinajstić information content (AvgIpc) is 1.59. The van der Waals surface area contributed by atoms with E-state index in [0.29, 0.717) is 0 Å². The van der Waals surface area contributed by atoms with Gasteiger partial charge in [-0.1, -0.05) is 0 Å². The Morgan fingerprint density at radius 2 is 2.00 bits per heavy atom. The molecule has 0 radical (unpaired) electrons. The van der Waals surface area contributed by atoms with E-state index in [1.165, 1.54) is 6.92 Å². The van der Waals surface area contributed by atoms with Crippen LogP contribution in [0.1, 0.15) is 6.92 Å². The van der Waals surface area contributed by atoms with E-state index in [1.54, 1.807) is 0 Å². The van der Waals surface area contributed by atoms with Gasteiger partial charge in [-0.3, -0.25) is 5.41 Å². The molecule has 0 amide bonds. The summed E-state index contributed by atoms with van der Waals surface area (Å²) in [4.78, 5) is 2.73. The van der Waals surface area contributed by atoms with Crippen LogP contribution in [0.15, 0.2) is 4.99 Å². The number of nitrogens with one attached hydrogen (secondary N) is 1. The Balaban J connectivity index is 3.86. The lowest BCUT2D eigenvalue weighted by Gasteiger charge is -1.94. The van der Waals surface area contributed by atoms with Gasteiger partial charge in [0, 0.05) is 0 Å². The minimum absolute atomic E-state index is 0.213. The fourth-order valence-corrected chi connectivity index (χ4v) is 0.170. The van der Waals surface area contributed by atoms with Crippen molar-refractivity contribution in [3.05, 3.63) is 0 Å². The quantitative estimate of drug-likeness (QED) is 0.390. The van der Waals surface area contributed by atoms with Crippen LogP contribution >= 0.6 is 0 Å². The molecular formula is C4H5F3N2. The topological polar surface area (TPSA) is 36.2 Å². The van der Waals surface area contributed by atoms with Crippen LogP contribution in [-0.4, -0.2) is 18.2 Å². The first-order valence-corrected chi connectivity index (χ1v) is 2.09. The molecule has 0 spiro atoms. The van der Waals surface area contributed by atoms with Crippen LogP contribution in [0.4, 0.5) is 13.2 Å². The molecule has 0 rings (SSSR count). The number of alkyl halides is 3. The summed E-state index contributed by atoms with van der Waals surface area (Å²) in [7, 11) is 0. The van der Waals surface area contributed by atoms with Crippen molar-refractivity contribution in [1.29, 1.82) is 5.41 Å². The molecule has 9 heavy (non-hydrogen) atoms. The average molecular weight is 138 g/mol. The summed E-state index contributed by atoms with van der Waals surface area (Å²) in [6, 6.07) is 0. The van der Waals surface area contributed by atoms with Crippen molar-refractivity contribution >= 4 is 12.1 Å². The van der Waals surface area contributed by atoms with Crippen molar-refractivity contribution in [2.45, 2.75) is 13.1 Å². The summed E-state index contributed by atoms with van der Waals surface area (Å²) < 4.78 is 33.5. The van der Waals surface area contributed by atoms with Crippen LogP contribution in [0.25, 0.3) is 0 Å². The molecule has 0 aliphatic heterocycles. The Kier molecular flexibility index (Phi) is 2.36. The van der Waals surface area contributed by atoms with Crippen LogP contribution in [-0.2, 0) is 0 Å². The Labute approximate surface area is 49.9 Å². The summed E-state index contributed by atoms with van der Waals surface area (Å²) in [6.07, 6.45) is -4.61. The summed E-state index contributed by atoms with van der Waals surface area (Å²) in [6.45, 7) is 1.17. The van der Waals surface area contributed by atoms with Crippen molar-refractivity contribution in [2.75, 3.05) is 0 Å². The fourth-order valence-electron chi connectivity index (χ4n) is 0.170. The molecule has 5 heteroatoms. The highest BCUT2D eigenvalue weighted by Crippen LogP contribution is 2.10. The normalized spacial score (nSPS) is 12.4. The first kappa shape index (κ1) is 8.13. The number of aliphatic imine (C=N–C) groups is 1. The second-order valence-corrected chi connectivity index (χ2v) is 1.39. The minimum Gasteiger partial charge on any atom is -0.287 e. The number of hydrogen-bond donors (Lipinski definition) is 1. The van der Waals surface area contributed by atoms with Crippen LogP contribution < -0.4 is 0 Å². The van der Waals surface area contributed by atoms with E-state index in [-0.39, 0.29) is 12.1 Å². The van der Waals surface area contributed by atoms with Crippen LogP contribution in [0.2, 0.25) is 0 Å². The molecule has 0 aromatic rings. The predicted molar refractivity (Wildman–Crippen MR) is 27.9 cm³/mol. The maximum Gasteiger partial charge on any atom is 0.426 e. The van der Waals surface area contributed by atoms with Crippen LogP contribution in [0.3, 0.4) is 0 Å². The molecule has 0 saturated heterocycles. The lowest BCUT2D eigenvalue weighted by Crippen LogP contribution is -2.09. The van der Waals surface area contributed by atoms with E-state index in [9.17, 15) is 13.2 Å². The second-order valence-electron chi connectivity index (χ2n) is 1.39. The molecular weight excluding hydrogens is 133 g/mol. The van der Waals surface area contributed by atoms with Crippen molar-refractivity contribution in [3.63, 3.8) is 0 Å². The highest BCUT2D eigenvalue weighted by molar-refractivity contribution is 5.86. The lowest BCUT2D eigenvalue weighted by atomic mass is 10.6. The molecule has 0 aliphatic rings. The maximum absolute atomic E-state index is 11.2. The van der Waals surface area contributed by atoms with E-state index in [0.717, 1.165) is 0 Å². The van der Waals surface area contributed by atoms with Gasteiger partial charge in [0.2, 0.25) is 0 Å². The monoisotopic (exact) mass is 138 g/mol. The third-order valence-corrected chi connectivity index (χ3v) is 0.405. The summed E-state index contributed by atoms with van der Waals surface area (Å²) in [5, 5.41) is 6.48. The van der Waals surface area contributed by atoms with Gasteiger partial charge in [0.25, 0.3) is 0 Å². The smallest absolute Gasteiger partial charge is 0.287 e. The molecule has 0 fully saturated rings. The van der Waals surface area contributed by atoms with Crippen molar-refractivity contribution in [2.24, 2.45) is 4.99 Å². The van der Waals surface area contributed by atoms with E-state index < -0.39 is 6.18 Å². The standard InChI is InChI=1S/C4H5F3N2/c1-3(8)9-2-4(5,6)7/h2,8H,1H3. The number of nitrogens with zero attached hydrogens (tertiary/aromatic N) is 1. The Bertz CT molecular complexity index is 135. The number of amidine groups is 1. The van der Waals surface area contributed by atoms with Crippen molar-refractivity contribution in [3.8, 4) is 0 Å². The molecule has 1 N–H and O–H groups in total. The highest BCUT2D eigenvalue weighted by Gasteiger charge is 2.23.